The average Bonchev–Trinajstić information content (AvgIpc) is 3.48. The lowest BCUT2D eigenvalue weighted by Gasteiger charge is -2.30. The second-order valence-electron chi connectivity index (χ2n) is 10.4. The van der Waals surface area contributed by atoms with Gasteiger partial charge in [0.25, 0.3) is 0 Å². The lowest BCUT2D eigenvalue weighted by atomic mass is 9.70. The van der Waals surface area contributed by atoms with Crippen molar-refractivity contribution >= 4 is 5.95 Å². The minimum atomic E-state index is -0.396. The Morgan fingerprint density at radius 2 is 1.00 bits per heavy atom. The molecule has 0 fully saturated rings. The van der Waals surface area contributed by atoms with Crippen molar-refractivity contribution in [3.63, 3.8) is 0 Å². The molecule has 1 spiro atoms. The number of nitrogens with two attached hydrogens (primary N) is 1. The first-order valence-electron chi connectivity index (χ1n) is 13.4. The van der Waals surface area contributed by atoms with Gasteiger partial charge in [0.1, 0.15) is 5.75 Å². The van der Waals surface area contributed by atoms with Crippen LogP contribution in [0.1, 0.15) is 22.3 Å². The Labute approximate surface area is 232 Å². The van der Waals surface area contributed by atoms with E-state index in [-0.39, 0.29) is 5.95 Å². The highest BCUT2D eigenvalue weighted by molar-refractivity contribution is 5.95. The normalized spacial score (nSPS) is 13.4. The number of benzene rings is 5. The van der Waals surface area contributed by atoms with E-state index in [1.165, 1.54) is 44.5 Å². The second-order valence-corrected chi connectivity index (χ2v) is 10.4. The molecule has 1 aromatic heterocycles. The molecule has 6 aromatic rings. The number of hydrogen-bond donors (Lipinski definition) is 1. The van der Waals surface area contributed by atoms with E-state index < -0.39 is 5.41 Å². The van der Waals surface area contributed by atoms with E-state index in [9.17, 15) is 0 Å². The highest BCUT2D eigenvalue weighted by Crippen LogP contribution is 2.62. The van der Waals surface area contributed by atoms with Crippen molar-refractivity contribution < 1.29 is 4.74 Å². The van der Waals surface area contributed by atoms with Gasteiger partial charge in [0.15, 0.2) is 0 Å². The van der Waals surface area contributed by atoms with Gasteiger partial charge in [-0.05, 0) is 80.9 Å². The van der Waals surface area contributed by atoms with Crippen LogP contribution in [0.5, 0.6) is 5.75 Å². The quantitative estimate of drug-likeness (QED) is 0.261. The van der Waals surface area contributed by atoms with Crippen molar-refractivity contribution in [2.45, 2.75) is 5.41 Å². The molecule has 8 rings (SSSR count). The maximum absolute atomic E-state index is 6.27. The average molecular weight is 516 g/mol. The molecule has 0 bridgehead atoms. The van der Waals surface area contributed by atoms with E-state index in [0.29, 0.717) is 0 Å². The summed E-state index contributed by atoms with van der Waals surface area (Å²) in [5, 5.41) is 0. The summed E-state index contributed by atoms with van der Waals surface area (Å²) < 4.78 is 5.33. The molecule has 2 aliphatic rings. The van der Waals surface area contributed by atoms with Gasteiger partial charge in [-0.3, -0.25) is 0 Å². The van der Waals surface area contributed by atoms with Crippen LogP contribution < -0.4 is 10.5 Å². The summed E-state index contributed by atoms with van der Waals surface area (Å²) in [5.74, 6) is 1.05. The number of ether oxygens (including phenoxy) is 1. The lowest BCUT2D eigenvalue weighted by molar-refractivity contribution is 0.415. The van der Waals surface area contributed by atoms with E-state index in [4.69, 9.17) is 10.5 Å². The molecule has 0 aliphatic heterocycles. The Hall–Kier alpha value is -5.22. The predicted molar refractivity (Wildman–Crippen MR) is 160 cm³/mol. The van der Waals surface area contributed by atoms with E-state index in [1.54, 1.807) is 7.11 Å². The summed E-state index contributed by atoms with van der Waals surface area (Å²) in [7, 11) is 1.66. The smallest absolute Gasteiger partial charge is 0.221 e. The van der Waals surface area contributed by atoms with E-state index in [0.717, 1.165) is 28.3 Å². The number of nitrogen functional groups attached to an aromatic ring is 1. The van der Waals surface area contributed by atoms with Crippen LogP contribution in [0.2, 0.25) is 0 Å². The van der Waals surface area contributed by atoms with Gasteiger partial charge in [0.05, 0.1) is 23.9 Å². The first kappa shape index (κ1) is 22.7. The third kappa shape index (κ3) is 3.02. The van der Waals surface area contributed by atoms with Gasteiger partial charge < -0.3 is 10.5 Å². The Morgan fingerprint density at radius 3 is 1.55 bits per heavy atom. The Bertz CT molecular complexity index is 1900. The SMILES string of the molecule is COc1ccc(-c2cc(-c3ccc4c(c3)C3(c5ccccc5-c5ccccc53)c3ccccc3-4)nc(N)n2)cc1. The van der Waals surface area contributed by atoms with Crippen molar-refractivity contribution in [1.29, 1.82) is 0 Å². The van der Waals surface area contributed by atoms with Crippen molar-refractivity contribution in [2.24, 2.45) is 0 Å². The van der Waals surface area contributed by atoms with Gasteiger partial charge in [-0.2, -0.15) is 0 Å². The molecule has 1 heterocycles. The number of hydrogen-bond acceptors (Lipinski definition) is 4. The fourth-order valence-corrected chi connectivity index (χ4v) is 6.78. The molecule has 4 heteroatoms. The zero-order chi connectivity index (χ0) is 26.8. The van der Waals surface area contributed by atoms with Gasteiger partial charge in [0.2, 0.25) is 5.95 Å². The fourth-order valence-electron chi connectivity index (χ4n) is 6.78. The zero-order valence-corrected chi connectivity index (χ0v) is 21.9. The number of anilines is 1. The molecule has 2 N–H and O–H groups in total. The highest BCUT2D eigenvalue weighted by Gasteiger charge is 2.51. The maximum atomic E-state index is 6.27. The zero-order valence-electron chi connectivity index (χ0n) is 21.9. The Kier molecular flexibility index (Phi) is 4.77. The van der Waals surface area contributed by atoms with Crippen LogP contribution in [-0.4, -0.2) is 17.1 Å². The van der Waals surface area contributed by atoms with Crippen LogP contribution in [0.25, 0.3) is 44.8 Å². The van der Waals surface area contributed by atoms with Gasteiger partial charge in [-0.25, -0.2) is 9.97 Å². The molecule has 0 unspecified atom stereocenters. The maximum Gasteiger partial charge on any atom is 0.221 e. The van der Waals surface area contributed by atoms with Crippen molar-refractivity contribution in [2.75, 3.05) is 12.8 Å². The van der Waals surface area contributed by atoms with Crippen molar-refractivity contribution in [3.8, 4) is 50.5 Å². The molecule has 0 saturated carbocycles. The van der Waals surface area contributed by atoms with Gasteiger partial charge in [0, 0.05) is 11.1 Å². The number of aromatic nitrogens is 2. The minimum absolute atomic E-state index is 0.248. The first-order valence-corrected chi connectivity index (χ1v) is 13.4. The molecule has 0 radical (unpaired) electrons. The number of methoxy groups -OCH3 is 1. The summed E-state index contributed by atoms with van der Waals surface area (Å²) in [5.41, 5.74) is 19.8. The summed E-state index contributed by atoms with van der Waals surface area (Å²) in [6.45, 7) is 0. The van der Waals surface area contributed by atoms with Gasteiger partial charge >= 0.3 is 0 Å². The molecular formula is C36H25N3O. The van der Waals surface area contributed by atoms with E-state index in [2.05, 4.69) is 101 Å². The molecule has 4 nitrogen and oxygen atoms in total. The summed E-state index contributed by atoms with van der Waals surface area (Å²) in [4.78, 5) is 9.23. The van der Waals surface area contributed by atoms with Crippen LogP contribution in [0.3, 0.4) is 0 Å². The van der Waals surface area contributed by atoms with Crippen molar-refractivity contribution in [1.82, 2.24) is 9.97 Å². The van der Waals surface area contributed by atoms with Gasteiger partial charge in [-0.1, -0.05) is 84.9 Å². The predicted octanol–water partition coefficient (Wildman–Crippen LogP) is 7.74. The third-order valence-corrected chi connectivity index (χ3v) is 8.42. The van der Waals surface area contributed by atoms with Gasteiger partial charge in [-0.15, -0.1) is 0 Å². The largest absolute Gasteiger partial charge is 0.497 e. The molecule has 2 aliphatic carbocycles. The van der Waals surface area contributed by atoms with Crippen LogP contribution in [0, 0.1) is 0 Å². The molecule has 0 amide bonds. The standard InChI is InChI=1S/C36H25N3O/c1-40-24-17-14-22(15-18-24)33-21-34(39-35(37)38-33)23-16-19-28-27-10-4-7-13-31(27)36(32(28)20-23)29-11-5-2-8-25(29)26-9-3-6-12-30(26)36/h2-21H,1H3,(H2,37,38,39). The molecule has 5 aromatic carbocycles. The van der Waals surface area contributed by atoms with Crippen LogP contribution in [0.4, 0.5) is 5.95 Å². The lowest BCUT2D eigenvalue weighted by Crippen LogP contribution is -2.25. The fraction of sp³-hybridized carbons (Fsp3) is 0.0556. The topological polar surface area (TPSA) is 61.0 Å². The molecule has 40 heavy (non-hydrogen) atoms. The van der Waals surface area contributed by atoms with E-state index in [1.807, 2.05) is 30.3 Å². The second kappa shape index (κ2) is 8.39. The minimum Gasteiger partial charge on any atom is -0.497 e. The number of fused-ring (bicyclic) bond motifs is 10. The van der Waals surface area contributed by atoms with Crippen LogP contribution in [0.15, 0.2) is 121 Å². The molecule has 190 valence electrons. The molecule has 0 atom stereocenters. The number of nitrogens with zero attached hydrogens (tertiary/aromatic N) is 2. The number of rotatable bonds is 3. The first-order chi connectivity index (χ1) is 19.7. The van der Waals surface area contributed by atoms with Crippen molar-refractivity contribution in [3.05, 3.63) is 144 Å². The third-order valence-electron chi connectivity index (χ3n) is 8.42. The summed E-state index contributed by atoms with van der Waals surface area (Å²) >= 11 is 0. The van der Waals surface area contributed by atoms with Crippen LogP contribution >= 0.6 is 0 Å². The van der Waals surface area contributed by atoms with Crippen LogP contribution in [-0.2, 0) is 5.41 Å². The molecule has 0 saturated heterocycles. The van der Waals surface area contributed by atoms with E-state index >= 15 is 0 Å². The Balaban J connectivity index is 1.37. The Morgan fingerprint density at radius 1 is 0.525 bits per heavy atom. The monoisotopic (exact) mass is 515 g/mol. The molecular weight excluding hydrogens is 490 g/mol. The highest BCUT2D eigenvalue weighted by atomic mass is 16.5. The summed E-state index contributed by atoms with van der Waals surface area (Å²) in [6.07, 6.45) is 0. The summed E-state index contributed by atoms with van der Waals surface area (Å²) in [6, 6.07) is 43.1.